The molecule has 0 amide bonds. The number of methoxy groups -OCH3 is 1. The topological polar surface area (TPSA) is 66.8 Å². The molecule has 0 saturated heterocycles. The first-order valence-corrected chi connectivity index (χ1v) is 10.2. The molecule has 0 aliphatic carbocycles. The van der Waals surface area contributed by atoms with E-state index < -0.39 is 23.8 Å². The van der Waals surface area contributed by atoms with Crippen LogP contribution in [0.25, 0.3) is 0 Å². The summed E-state index contributed by atoms with van der Waals surface area (Å²) in [5.41, 5.74) is 1.35. The molecule has 0 aliphatic heterocycles. The van der Waals surface area contributed by atoms with E-state index in [-0.39, 0.29) is 17.7 Å². The first-order valence-electron chi connectivity index (χ1n) is 10.2. The minimum Gasteiger partial charge on any atom is -0.465 e. The van der Waals surface area contributed by atoms with Crippen molar-refractivity contribution in [1.29, 1.82) is 0 Å². The molecule has 0 spiro atoms. The molecule has 0 bridgehead atoms. The summed E-state index contributed by atoms with van der Waals surface area (Å²) >= 11 is 0. The summed E-state index contributed by atoms with van der Waals surface area (Å²) in [4.78, 5) is 26.2. The molecule has 1 atom stereocenters. The predicted molar refractivity (Wildman–Crippen MR) is 121 cm³/mol. The van der Waals surface area contributed by atoms with Gasteiger partial charge in [-0.05, 0) is 23.3 Å². The summed E-state index contributed by atoms with van der Waals surface area (Å²) in [7, 11) is 1.24. The van der Waals surface area contributed by atoms with Crippen molar-refractivity contribution in [1.82, 2.24) is 0 Å². The molecule has 0 saturated carbocycles. The zero-order valence-corrected chi connectivity index (χ0v) is 17.9. The Balaban J connectivity index is 1.93. The van der Waals surface area contributed by atoms with Crippen molar-refractivity contribution in [3.63, 3.8) is 0 Å². The Morgan fingerprint density at radius 1 is 0.970 bits per heavy atom. The average molecular weight is 451 g/mol. The first kappa shape index (κ1) is 23.8. The number of allylic oxidation sites excluding steroid dienone is 1. The number of aliphatic hydroxyl groups excluding tert-OH is 1. The Morgan fingerprint density at radius 2 is 1.55 bits per heavy atom. The van der Waals surface area contributed by atoms with Crippen LogP contribution in [0.5, 0.6) is 0 Å². The normalized spacial score (nSPS) is 12.4. The van der Waals surface area contributed by atoms with Gasteiger partial charge in [0, 0.05) is 18.8 Å². The highest BCUT2D eigenvalue weighted by Crippen LogP contribution is 2.33. The Morgan fingerprint density at radius 3 is 2.18 bits per heavy atom. The van der Waals surface area contributed by atoms with Gasteiger partial charge in [0.05, 0.1) is 18.4 Å². The van der Waals surface area contributed by atoms with Crippen LogP contribution < -0.4 is 4.90 Å². The molecule has 0 radical (unpaired) electrons. The fraction of sp³-hybridized carbons (Fsp3) is 0.154. The number of rotatable bonds is 9. The lowest BCUT2D eigenvalue weighted by atomic mass is 10.0. The van der Waals surface area contributed by atoms with E-state index in [0.717, 1.165) is 5.56 Å². The fourth-order valence-electron chi connectivity index (χ4n) is 3.25. The molecule has 3 rings (SSSR count). The Bertz CT molecular complexity index is 1120. The van der Waals surface area contributed by atoms with E-state index in [2.05, 4.69) is 0 Å². The molecule has 7 heteroatoms. The first-order chi connectivity index (χ1) is 15.8. The molecule has 5 nitrogen and oxygen atoms in total. The Kier molecular flexibility index (Phi) is 7.69. The van der Waals surface area contributed by atoms with Crippen LogP contribution in [0.1, 0.15) is 27.6 Å². The smallest absolute Gasteiger partial charge is 0.339 e. The lowest BCUT2D eigenvalue weighted by molar-refractivity contribution is -0.156. The molecule has 0 aromatic heterocycles. The lowest BCUT2D eigenvalue weighted by Gasteiger charge is -2.24. The second kappa shape index (κ2) is 10.7. The molecule has 1 unspecified atom stereocenters. The molecular formula is C26H23F2NO4. The van der Waals surface area contributed by atoms with Gasteiger partial charge in [-0.2, -0.15) is 8.78 Å². The highest BCUT2D eigenvalue weighted by atomic mass is 19.3. The molecule has 3 aromatic rings. The van der Waals surface area contributed by atoms with Gasteiger partial charge in [-0.15, -0.1) is 0 Å². The van der Waals surface area contributed by atoms with Gasteiger partial charge in [0.25, 0.3) is 0 Å². The third-order valence-corrected chi connectivity index (χ3v) is 5.01. The monoisotopic (exact) mass is 451 g/mol. The van der Waals surface area contributed by atoms with Crippen LogP contribution >= 0.6 is 0 Å². The van der Waals surface area contributed by atoms with Crippen molar-refractivity contribution < 1.29 is 28.2 Å². The van der Waals surface area contributed by atoms with E-state index in [1.54, 1.807) is 30.3 Å². The molecule has 3 aromatic carbocycles. The third kappa shape index (κ3) is 5.70. The molecule has 0 fully saturated rings. The summed E-state index contributed by atoms with van der Waals surface area (Å²) < 4.78 is 34.2. The number of halogens is 2. The summed E-state index contributed by atoms with van der Waals surface area (Å²) in [6.07, 6.45) is -0.396. The molecular weight excluding hydrogens is 428 g/mol. The second-order valence-corrected chi connectivity index (χ2v) is 7.24. The Hall–Kier alpha value is -3.84. The predicted octanol–water partition coefficient (Wildman–Crippen LogP) is 4.93. The highest BCUT2D eigenvalue weighted by molar-refractivity contribution is 5.98. The van der Waals surface area contributed by atoms with Crippen LogP contribution in [0, 0.1) is 0 Å². The number of carbonyl (C=O) groups is 2. The van der Waals surface area contributed by atoms with Crippen LogP contribution in [0.3, 0.4) is 0 Å². The van der Waals surface area contributed by atoms with E-state index in [1.165, 1.54) is 42.5 Å². The van der Waals surface area contributed by atoms with Gasteiger partial charge in [0.15, 0.2) is 6.10 Å². The van der Waals surface area contributed by atoms with Crippen molar-refractivity contribution in [2.24, 2.45) is 0 Å². The fourth-order valence-corrected chi connectivity index (χ4v) is 3.25. The molecule has 1 N–H and O–H groups in total. The van der Waals surface area contributed by atoms with Crippen LogP contribution in [0.15, 0.2) is 97.2 Å². The maximum atomic E-state index is 14.7. The van der Waals surface area contributed by atoms with Gasteiger partial charge < -0.3 is 14.7 Å². The van der Waals surface area contributed by atoms with E-state index in [1.807, 2.05) is 30.3 Å². The minimum absolute atomic E-state index is 0.0681. The van der Waals surface area contributed by atoms with Crippen LogP contribution in [0.4, 0.5) is 14.5 Å². The maximum Gasteiger partial charge on any atom is 0.339 e. The van der Waals surface area contributed by atoms with Gasteiger partial charge in [-0.25, -0.2) is 4.79 Å². The number of benzene rings is 3. The van der Waals surface area contributed by atoms with Gasteiger partial charge in [0.1, 0.15) is 0 Å². The quantitative estimate of drug-likeness (QED) is 0.369. The van der Waals surface area contributed by atoms with Crippen molar-refractivity contribution in [3.05, 3.63) is 114 Å². The largest absolute Gasteiger partial charge is 0.465 e. The molecule has 0 aliphatic rings. The van der Waals surface area contributed by atoms with E-state index >= 15 is 0 Å². The number of ketones is 1. The summed E-state index contributed by atoms with van der Waals surface area (Å²) in [5, 5.41) is 10.1. The summed E-state index contributed by atoms with van der Waals surface area (Å²) in [6, 6.07) is 22.9. The molecule has 33 heavy (non-hydrogen) atoms. The number of esters is 1. The van der Waals surface area contributed by atoms with E-state index in [0.29, 0.717) is 11.8 Å². The Labute approximate surface area is 190 Å². The molecule has 170 valence electrons. The summed E-state index contributed by atoms with van der Waals surface area (Å²) in [5.74, 6) is -6.21. The number of para-hydroxylation sites is 1. The minimum atomic E-state index is -4.04. The van der Waals surface area contributed by atoms with Crippen LogP contribution in [0.2, 0.25) is 0 Å². The number of carbonyl (C=O) groups excluding carboxylic acids is 2. The van der Waals surface area contributed by atoms with E-state index in [9.17, 15) is 23.5 Å². The van der Waals surface area contributed by atoms with E-state index in [4.69, 9.17) is 4.74 Å². The number of alkyl halides is 2. The summed E-state index contributed by atoms with van der Waals surface area (Å²) in [6.45, 7) is 0.200. The third-order valence-electron chi connectivity index (χ3n) is 5.01. The second-order valence-electron chi connectivity index (χ2n) is 7.24. The van der Waals surface area contributed by atoms with Crippen LogP contribution in [-0.2, 0) is 16.1 Å². The van der Waals surface area contributed by atoms with Gasteiger partial charge in [0.2, 0.25) is 5.78 Å². The average Bonchev–Trinajstić information content (AvgIpc) is 2.86. The number of nitrogens with zero attached hydrogens (tertiary/aromatic N) is 1. The number of hydrogen-bond acceptors (Lipinski definition) is 5. The molecule has 0 heterocycles. The standard InChI is InChI=1S/C26H23F2NO4/c1-33-25(32)21-14-8-9-15-22(21)29(18-19-10-4-2-5-11-19)17-16-23(30)26(27,28)24(31)20-12-6-3-7-13-20/h2-17,24,31H,18H2,1H3/b17-16+. The number of hydrogen-bond donors (Lipinski definition) is 1. The number of aliphatic hydroxyl groups is 1. The van der Waals surface area contributed by atoms with Crippen molar-refractivity contribution in [3.8, 4) is 0 Å². The van der Waals surface area contributed by atoms with Gasteiger partial charge in [-0.1, -0.05) is 72.8 Å². The number of ether oxygens (including phenoxy) is 1. The van der Waals surface area contributed by atoms with Crippen molar-refractivity contribution >= 4 is 17.4 Å². The van der Waals surface area contributed by atoms with Crippen molar-refractivity contribution in [2.75, 3.05) is 12.0 Å². The maximum absolute atomic E-state index is 14.7. The highest BCUT2D eigenvalue weighted by Gasteiger charge is 2.45. The number of anilines is 1. The van der Waals surface area contributed by atoms with Gasteiger partial charge >= 0.3 is 11.9 Å². The zero-order chi connectivity index (χ0) is 23.8. The SMILES string of the molecule is COC(=O)c1ccccc1N(/C=C/C(=O)C(F)(F)C(O)c1ccccc1)Cc1ccccc1. The van der Waals surface area contributed by atoms with Gasteiger partial charge in [-0.3, -0.25) is 4.79 Å². The zero-order valence-electron chi connectivity index (χ0n) is 17.9. The lowest BCUT2D eigenvalue weighted by Crippen LogP contribution is -2.35. The van der Waals surface area contributed by atoms with Crippen molar-refractivity contribution in [2.45, 2.75) is 18.6 Å². The van der Waals surface area contributed by atoms with Crippen LogP contribution in [-0.4, -0.2) is 29.9 Å².